The van der Waals surface area contributed by atoms with Gasteiger partial charge in [-0.25, -0.2) is 4.98 Å². The smallest absolute Gasteiger partial charge is 0.0740 e. The molecular weight excluding hydrogens is 276 g/mol. The molecule has 82 valence electrons. The first-order chi connectivity index (χ1) is 8.33. The van der Waals surface area contributed by atoms with E-state index < -0.39 is 0 Å². The van der Waals surface area contributed by atoms with Crippen LogP contribution >= 0.6 is 15.9 Å². The molecule has 3 aromatic rings. The van der Waals surface area contributed by atoms with E-state index in [4.69, 9.17) is 0 Å². The lowest BCUT2D eigenvalue weighted by Gasteiger charge is -2.03. The van der Waals surface area contributed by atoms with Gasteiger partial charge in [-0.2, -0.15) is 0 Å². The average Bonchev–Trinajstić information content (AvgIpc) is 2.39. The molecule has 3 heteroatoms. The van der Waals surface area contributed by atoms with Gasteiger partial charge in [0, 0.05) is 27.8 Å². The van der Waals surface area contributed by atoms with E-state index in [1.807, 2.05) is 36.5 Å². The Morgan fingerprint density at radius 3 is 2.53 bits per heavy atom. The highest BCUT2D eigenvalue weighted by atomic mass is 79.9. The summed E-state index contributed by atoms with van der Waals surface area (Å²) in [5.41, 5.74) is 3.07. The maximum absolute atomic E-state index is 4.62. The summed E-state index contributed by atoms with van der Waals surface area (Å²) in [6.45, 7) is 0. The summed E-state index contributed by atoms with van der Waals surface area (Å²) >= 11 is 3.43. The third-order valence-corrected chi connectivity index (χ3v) is 3.16. The van der Waals surface area contributed by atoms with Crippen molar-refractivity contribution in [2.45, 2.75) is 0 Å². The Morgan fingerprint density at radius 1 is 0.882 bits per heavy atom. The lowest BCUT2D eigenvalue weighted by molar-refractivity contribution is 1.32. The van der Waals surface area contributed by atoms with E-state index in [0.717, 1.165) is 26.6 Å². The largest absolute Gasteiger partial charge is 0.264 e. The second kappa shape index (κ2) is 4.26. The van der Waals surface area contributed by atoms with E-state index in [1.54, 1.807) is 6.20 Å². The van der Waals surface area contributed by atoms with Crippen molar-refractivity contribution < 1.29 is 0 Å². The first kappa shape index (κ1) is 10.4. The molecule has 2 nitrogen and oxygen atoms in total. The van der Waals surface area contributed by atoms with Crippen LogP contribution in [0.3, 0.4) is 0 Å². The van der Waals surface area contributed by atoms with Crippen LogP contribution in [0.4, 0.5) is 0 Å². The molecule has 3 rings (SSSR count). The highest BCUT2D eigenvalue weighted by molar-refractivity contribution is 9.10. The SMILES string of the molecule is Brc1ccc(-c2ccc3cnccc3n2)cc1. The molecule has 0 spiro atoms. The van der Waals surface area contributed by atoms with Crippen molar-refractivity contribution in [2.24, 2.45) is 0 Å². The molecule has 0 atom stereocenters. The number of pyridine rings is 2. The summed E-state index contributed by atoms with van der Waals surface area (Å²) in [6, 6.07) is 14.2. The maximum Gasteiger partial charge on any atom is 0.0740 e. The van der Waals surface area contributed by atoms with Crippen molar-refractivity contribution in [3.63, 3.8) is 0 Å². The molecule has 17 heavy (non-hydrogen) atoms. The first-order valence-corrected chi connectivity index (χ1v) is 6.09. The highest BCUT2D eigenvalue weighted by Gasteiger charge is 2.01. The summed E-state index contributed by atoms with van der Waals surface area (Å²) < 4.78 is 1.08. The van der Waals surface area contributed by atoms with Gasteiger partial charge in [0.05, 0.1) is 11.2 Å². The van der Waals surface area contributed by atoms with Crippen molar-refractivity contribution in [1.82, 2.24) is 9.97 Å². The number of fused-ring (bicyclic) bond motifs is 1. The highest BCUT2D eigenvalue weighted by Crippen LogP contribution is 2.22. The third kappa shape index (κ3) is 2.06. The van der Waals surface area contributed by atoms with E-state index in [9.17, 15) is 0 Å². The third-order valence-electron chi connectivity index (χ3n) is 2.63. The zero-order valence-corrected chi connectivity index (χ0v) is 10.6. The van der Waals surface area contributed by atoms with Crippen LogP contribution in [0.15, 0.2) is 59.3 Å². The topological polar surface area (TPSA) is 25.8 Å². The van der Waals surface area contributed by atoms with Gasteiger partial charge < -0.3 is 0 Å². The van der Waals surface area contributed by atoms with Gasteiger partial charge in [0.15, 0.2) is 0 Å². The van der Waals surface area contributed by atoms with Crippen LogP contribution in [0.5, 0.6) is 0 Å². The fourth-order valence-electron chi connectivity index (χ4n) is 1.75. The Bertz CT molecular complexity index is 662. The molecule has 0 unspecified atom stereocenters. The molecule has 0 saturated carbocycles. The monoisotopic (exact) mass is 284 g/mol. The Kier molecular flexibility index (Phi) is 2.61. The fourth-order valence-corrected chi connectivity index (χ4v) is 2.01. The van der Waals surface area contributed by atoms with Crippen LogP contribution in [0.1, 0.15) is 0 Å². The summed E-state index contributed by atoms with van der Waals surface area (Å²) in [7, 11) is 0. The lowest BCUT2D eigenvalue weighted by atomic mass is 10.1. The van der Waals surface area contributed by atoms with E-state index in [-0.39, 0.29) is 0 Å². The fraction of sp³-hybridized carbons (Fsp3) is 0. The molecule has 0 aliphatic heterocycles. The van der Waals surface area contributed by atoms with Gasteiger partial charge in [0.1, 0.15) is 0 Å². The molecule has 0 amide bonds. The van der Waals surface area contributed by atoms with Gasteiger partial charge in [-0.1, -0.05) is 28.1 Å². The second-order valence-corrected chi connectivity index (χ2v) is 4.69. The van der Waals surface area contributed by atoms with E-state index in [0.29, 0.717) is 0 Å². The van der Waals surface area contributed by atoms with Crippen LogP contribution in [0.2, 0.25) is 0 Å². The molecule has 2 aromatic heterocycles. The summed E-state index contributed by atoms with van der Waals surface area (Å²) in [6.07, 6.45) is 3.59. The average molecular weight is 285 g/mol. The molecule has 1 aromatic carbocycles. The number of hydrogen-bond donors (Lipinski definition) is 0. The van der Waals surface area contributed by atoms with Crippen LogP contribution in [-0.4, -0.2) is 9.97 Å². The molecule has 0 N–H and O–H groups in total. The quantitative estimate of drug-likeness (QED) is 0.673. The van der Waals surface area contributed by atoms with Crippen molar-refractivity contribution in [3.8, 4) is 11.3 Å². The van der Waals surface area contributed by atoms with Crippen molar-refractivity contribution in [2.75, 3.05) is 0 Å². The molecule has 0 radical (unpaired) electrons. The van der Waals surface area contributed by atoms with Crippen LogP contribution < -0.4 is 0 Å². The summed E-state index contributed by atoms with van der Waals surface area (Å²) in [5, 5.41) is 1.06. The number of benzene rings is 1. The zero-order valence-electron chi connectivity index (χ0n) is 8.97. The Hall–Kier alpha value is -1.74. The number of nitrogens with zero attached hydrogens (tertiary/aromatic N) is 2. The minimum absolute atomic E-state index is 0.973. The molecule has 0 aliphatic rings. The van der Waals surface area contributed by atoms with Gasteiger partial charge in [0.25, 0.3) is 0 Å². The maximum atomic E-state index is 4.62. The number of aromatic nitrogens is 2. The van der Waals surface area contributed by atoms with Gasteiger partial charge in [-0.05, 0) is 30.3 Å². The molecule has 0 fully saturated rings. The molecule has 0 bridgehead atoms. The molecular formula is C14H9BrN2. The minimum atomic E-state index is 0.973. The van der Waals surface area contributed by atoms with Crippen LogP contribution in [0.25, 0.3) is 22.2 Å². The van der Waals surface area contributed by atoms with Crippen molar-refractivity contribution >= 4 is 26.8 Å². The summed E-state index contributed by atoms with van der Waals surface area (Å²) in [5.74, 6) is 0. The van der Waals surface area contributed by atoms with Gasteiger partial charge in [-0.3, -0.25) is 4.98 Å². The van der Waals surface area contributed by atoms with Gasteiger partial charge in [-0.15, -0.1) is 0 Å². The van der Waals surface area contributed by atoms with E-state index in [2.05, 4.69) is 38.0 Å². The molecule has 0 aliphatic carbocycles. The van der Waals surface area contributed by atoms with Gasteiger partial charge >= 0.3 is 0 Å². The first-order valence-electron chi connectivity index (χ1n) is 5.30. The van der Waals surface area contributed by atoms with E-state index in [1.165, 1.54) is 0 Å². The molecule has 2 heterocycles. The summed E-state index contributed by atoms with van der Waals surface area (Å²) in [4.78, 5) is 8.70. The lowest BCUT2D eigenvalue weighted by Crippen LogP contribution is -1.85. The number of hydrogen-bond acceptors (Lipinski definition) is 2. The number of rotatable bonds is 1. The van der Waals surface area contributed by atoms with Crippen LogP contribution in [0, 0.1) is 0 Å². The standard InChI is InChI=1S/C14H9BrN2/c15-12-4-1-10(2-5-12)13-6-3-11-9-16-8-7-14(11)17-13/h1-9H. The molecule has 0 saturated heterocycles. The number of halogens is 1. The second-order valence-electron chi connectivity index (χ2n) is 3.77. The minimum Gasteiger partial charge on any atom is -0.264 e. The van der Waals surface area contributed by atoms with Gasteiger partial charge in [0.2, 0.25) is 0 Å². The Morgan fingerprint density at radius 2 is 1.71 bits per heavy atom. The zero-order chi connectivity index (χ0) is 11.7. The predicted octanol–water partition coefficient (Wildman–Crippen LogP) is 4.06. The Balaban J connectivity index is 2.14. The van der Waals surface area contributed by atoms with E-state index >= 15 is 0 Å². The van der Waals surface area contributed by atoms with Crippen LogP contribution in [-0.2, 0) is 0 Å². The normalized spacial score (nSPS) is 10.6. The van der Waals surface area contributed by atoms with Crippen molar-refractivity contribution in [1.29, 1.82) is 0 Å². The predicted molar refractivity (Wildman–Crippen MR) is 72.7 cm³/mol. The Labute approximate surface area is 107 Å². The van der Waals surface area contributed by atoms with Crippen molar-refractivity contribution in [3.05, 3.63) is 59.3 Å².